The third-order valence-corrected chi connectivity index (χ3v) is 7.31. The first kappa shape index (κ1) is 53.5. The van der Waals surface area contributed by atoms with E-state index < -0.39 is 59.4 Å². The zero-order valence-corrected chi connectivity index (χ0v) is 33.0. The molecule has 2 aromatic heterocycles. The number of carbonyl (C=O) groups is 10. The van der Waals surface area contributed by atoms with Crippen LogP contribution >= 0.6 is 0 Å². The Morgan fingerprint density at radius 1 is 0.338 bits per heavy atom. The van der Waals surface area contributed by atoms with E-state index in [1.807, 2.05) is 27.1 Å². The molecule has 27 nitrogen and oxygen atoms in total. The van der Waals surface area contributed by atoms with Crippen LogP contribution in [0.2, 0.25) is 0 Å². The topological polar surface area (TPSA) is 488 Å². The van der Waals surface area contributed by atoms with Gasteiger partial charge in [-0.25, -0.2) is 58.2 Å². The van der Waals surface area contributed by atoms with Crippen molar-refractivity contribution in [2.45, 2.75) is 0 Å². The van der Waals surface area contributed by atoms with E-state index in [1.165, 1.54) is 91.0 Å². The molecule has 0 bridgehead atoms. The summed E-state index contributed by atoms with van der Waals surface area (Å²) in [4.78, 5) is 114. The second-order valence-electron chi connectivity index (χ2n) is 11.5. The highest BCUT2D eigenvalue weighted by molar-refractivity contribution is 6.04. The first-order valence-electron chi connectivity index (χ1n) is 17.2. The molecule has 0 spiro atoms. The Bertz CT molecular complexity index is 2340. The Morgan fingerprint density at radius 3 is 1.17 bits per heavy atom. The van der Waals surface area contributed by atoms with E-state index in [1.54, 1.807) is 6.07 Å². The van der Waals surface area contributed by atoms with Gasteiger partial charge in [-0.05, 0) is 78.9 Å². The first-order chi connectivity index (χ1) is 30.8. The molecule has 0 unspecified atom stereocenters. The van der Waals surface area contributed by atoms with Crippen LogP contribution in [0.3, 0.4) is 0 Å². The summed E-state index contributed by atoms with van der Waals surface area (Å²) in [5.41, 5.74) is 10.4. The molecule has 0 aliphatic carbocycles. The highest BCUT2D eigenvalue weighted by Gasteiger charge is 2.14. The first-order valence-corrected chi connectivity index (χ1v) is 17.2. The van der Waals surface area contributed by atoms with Crippen LogP contribution in [-0.2, 0) is 0 Å². The minimum atomic E-state index is -1.15. The van der Waals surface area contributed by atoms with Crippen molar-refractivity contribution in [3.63, 3.8) is 0 Å². The van der Waals surface area contributed by atoms with Crippen LogP contribution in [-0.4, -0.2) is 94.9 Å². The summed E-state index contributed by atoms with van der Waals surface area (Å²) >= 11 is 0. The lowest BCUT2D eigenvalue weighted by atomic mass is 10.1. The Kier molecular flexibility index (Phi) is 22.5. The fourth-order valence-electron chi connectivity index (χ4n) is 4.14. The van der Waals surface area contributed by atoms with Crippen LogP contribution in [0.5, 0.6) is 0 Å². The van der Waals surface area contributed by atoms with Crippen LogP contribution in [0.25, 0.3) is 0 Å². The molecule has 0 fully saturated rings. The van der Waals surface area contributed by atoms with E-state index in [4.69, 9.17) is 54.7 Å². The van der Waals surface area contributed by atoms with Crippen molar-refractivity contribution < 1.29 is 73.5 Å². The molecule has 5 amide bonds. The Labute approximate surface area is 364 Å². The SMILES string of the molecule is NNC(=O)c1ccc(C(=O)O)cc1.NNC(=O)c1ccc(C(=O)O)cn1.NNC(=O)c1ccc(C(=O)O)nc1.NNC(=O)c1cccc(C(=O)O)c1.NNC(=O)c1ccccc1C(=O)O. The average Bonchev–Trinajstić information content (AvgIpc) is 3.33. The normalized spacial score (nSPS) is 9.31. The lowest BCUT2D eigenvalue weighted by Gasteiger charge is -2.02. The van der Waals surface area contributed by atoms with Crippen molar-refractivity contribution in [2.24, 2.45) is 29.2 Å². The second kappa shape index (κ2) is 27.3. The summed E-state index contributed by atoms with van der Waals surface area (Å²) < 4.78 is 0. The van der Waals surface area contributed by atoms with Crippen molar-refractivity contribution >= 4 is 59.4 Å². The number of hydrogen-bond acceptors (Lipinski definition) is 17. The van der Waals surface area contributed by atoms with Gasteiger partial charge in [-0.1, -0.05) is 18.2 Å². The van der Waals surface area contributed by atoms with Crippen molar-refractivity contribution in [2.75, 3.05) is 0 Å². The number of rotatable bonds is 10. The van der Waals surface area contributed by atoms with Crippen LogP contribution in [0.1, 0.15) is 104 Å². The van der Waals surface area contributed by atoms with E-state index in [2.05, 4.69) is 9.97 Å². The molecule has 0 aliphatic rings. The molecule has 5 aromatic rings. The van der Waals surface area contributed by atoms with Gasteiger partial charge in [0.25, 0.3) is 29.5 Å². The molecule has 0 saturated carbocycles. The van der Waals surface area contributed by atoms with Crippen molar-refractivity contribution in [3.8, 4) is 0 Å². The molecule has 65 heavy (non-hydrogen) atoms. The third-order valence-electron chi connectivity index (χ3n) is 7.31. The van der Waals surface area contributed by atoms with Gasteiger partial charge in [0.2, 0.25) is 0 Å². The summed E-state index contributed by atoms with van der Waals surface area (Å²) in [7, 11) is 0. The summed E-state index contributed by atoms with van der Waals surface area (Å²) in [5.74, 6) is 16.2. The highest BCUT2D eigenvalue weighted by Crippen LogP contribution is 2.08. The lowest BCUT2D eigenvalue weighted by molar-refractivity contribution is 0.0680. The van der Waals surface area contributed by atoms with Gasteiger partial charge in [0.1, 0.15) is 11.4 Å². The predicted octanol–water partition coefficient (Wildman–Crippen LogP) is -1.27. The van der Waals surface area contributed by atoms with E-state index in [-0.39, 0.29) is 50.3 Å². The largest absolute Gasteiger partial charge is 0.478 e. The third kappa shape index (κ3) is 17.9. The minimum absolute atomic E-state index is 0.0218. The number of hydrogen-bond donors (Lipinski definition) is 15. The number of aromatic nitrogens is 2. The number of amides is 5. The zero-order valence-electron chi connectivity index (χ0n) is 33.0. The molecule has 5 rings (SSSR count). The number of nitrogens with zero attached hydrogens (tertiary/aromatic N) is 2. The van der Waals surface area contributed by atoms with E-state index >= 15 is 0 Å². The van der Waals surface area contributed by atoms with Gasteiger partial charge in [0.15, 0.2) is 0 Å². The standard InChI is InChI=1S/3C8H8N2O3.2C7H7N3O3/c9-10-7(11)5-1-3-6(4-2-5)8(12)13;9-10-7(11)5-2-1-3-6(4-5)8(12)13;9-10-7(11)5-3-1-2-4-6(5)8(12)13;8-10-6(11)5-2-1-4(3-9-5)7(12)13;8-10-6(11)4-1-2-5(7(12)13)9-3-4/h3*1-4H,9H2,(H,10,11)(H,12,13);2*1-3H,8H2,(H,10,11)(H,12,13). The van der Waals surface area contributed by atoms with Gasteiger partial charge >= 0.3 is 29.8 Å². The summed E-state index contributed by atoms with van der Waals surface area (Å²) in [6.45, 7) is 0. The van der Waals surface area contributed by atoms with Crippen LogP contribution < -0.4 is 56.3 Å². The van der Waals surface area contributed by atoms with Crippen LogP contribution in [0, 0.1) is 0 Å². The number of carboxylic acids is 5. The summed E-state index contributed by atoms with van der Waals surface area (Å²) in [5, 5.41) is 42.8. The zero-order chi connectivity index (χ0) is 49.2. The molecule has 340 valence electrons. The number of nitrogens with two attached hydrogens (primary N) is 5. The van der Waals surface area contributed by atoms with Gasteiger partial charge in [0.05, 0.1) is 33.4 Å². The molecular formula is C38H38N12O15. The Balaban J connectivity index is 0.000000406. The maximum absolute atomic E-state index is 11.0. The number of benzene rings is 3. The summed E-state index contributed by atoms with van der Waals surface area (Å²) in [6, 6.07) is 22.0. The van der Waals surface area contributed by atoms with Gasteiger partial charge < -0.3 is 25.5 Å². The molecule has 0 radical (unpaired) electrons. The maximum atomic E-state index is 11.0. The highest BCUT2D eigenvalue weighted by atomic mass is 16.4. The fraction of sp³-hybridized carbons (Fsp3) is 0. The number of carbonyl (C=O) groups excluding carboxylic acids is 5. The number of aromatic carboxylic acids is 5. The van der Waals surface area contributed by atoms with E-state index in [9.17, 15) is 47.9 Å². The quantitative estimate of drug-likeness (QED) is 0.0441. The Morgan fingerprint density at radius 2 is 0.738 bits per heavy atom. The predicted molar refractivity (Wildman–Crippen MR) is 221 cm³/mol. The maximum Gasteiger partial charge on any atom is 0.354 e. The lowest BCUT2D eigenvalue weighted by Crippen LogP contribution is -2.31. The summed E-state index contributed by atoms with van der Waals surface area (Å²) in [6.07, 6.45) is 2.23. The van der Waals surface area contributed by atoms with Crippen LogP contribution in [0.15, 0.2) is 109 Å². The van der Waals surface area contributed by atoms with Crippen molar-refractivity contribution in [1.82, 2.24) is 37.1 Å². The molecule has 20 N–H and O–H groups in total. The molecule has 2 heterocycles. The molecule has 0 aliphatic heterocycles. The van der Waals surface area contributed by atoms with E-state index in [0.29, 0.717) is 5.56 Å². The average molecular weight is 903 g/mol. The number of hydrazine groups is 5. The fourth-order valence-corrected chi connectivity index (χ4v) is 4.14. The monoisotopic (exact) mass is 902 g/mol. The minimum Gasteiger partial charge on any atom is -0.478 e. The van der Waals surface area contributed by atoms with Gasteiger partial charge in [-0.15, -0.1) is 0 Å². The van der Waals surface area contributed by atoms with E-state index in [0.717, 1.165) is 12.4 Å². The number of nitrogen functional groups attached to an aromatic ring is 5. The van der Waals surface area contributed by atoms with Crippen molar-refractivity contribution in [3.05, 3.63) is 165 Å². The van der Waals surface area contributed by atoms with Crippen molar-refractivity contribution in [1.29, 1.82) is 0 Å². The molecule has 27 heteroatoms. The second-order valence-corrected chi connectivity index (χ2v) is 11.5. The molecule has 0 saturated heterocycles. The number of nitrogens with one attached hydrogen (secondary N) is 5. The Hall–Kier alpha value is -9.54. The molecule has 3 aromatic carbocycles. The van der Waals surface area contributed by atoms with Crippen LogP contribution in [0.4, 0.5) is 0 Å². The van der Waals surface area contributed by atoms with Gasteiger partial charge in [0, 0.05) is 23.5 Å². The smallest absolute Gasteiger partial charge is 0.354 e. The molecule has 0 atom stereocenters. The molecular weight excluding hydrogens is 864 g/mol. The number of pyridine rings is 2. The van der Waals surface area contributed by atoms with Gasteiger partial charge in [-0.2, -0.15) is 0 Å². The van der Waals surface area contributed by atoms with Gasteiger partial charge in [-0.3, -0.25) is 56.1 Å². The number of carboxylic acid groups (broad SMARTS) is 5.